The van der Waals surface area contributed by atoms with Crippen molar-refractivity contribution in [3.63, 3.8) is 0 Å². The first-order valence-electron chi connectivity index (χ1n) is 6.78. The summed E-state index contributed by atoms with van der Waals surface area (Å²) in [5, 5.41) is 0. The molecule has 0 N–H and O–H groups in total. The first kappa shape index (κ1) is 12.9. The van der Waals surface area contributed by atoms with E-state index < -0.39 is 0 Å². The van der Waals surface area contributed by atoms with Crippen molar-refractivity contribution in [3.05, 3.63) is 47.7 Å². The van der Waals surface area contributed by atoms with E-state index >= 15 is 0 Å². The van der Waals surface area contributed by atoms with Gasteiger partial charge in [-0.3, -0.25) is 0 Å². The lowest BCUT2D eigenvalue weighted by atomic mass is 9.87. The molecule has 2 aromatic heterocycles. The normalized spacial score (nSPS) is 12.0. The van der Waals surface area contributed by atoms with Crippen molar-refractivity contribution < 1.29 is 4.42 Å². The summed E-state index contributed by atoms with van der Waals surface area (Å²) in [5.74, 6) is 0.578. The number of hydrogen-bond acceptors (Lipinski definition) is 3. The Morgan fingerprint density at radius 2 is 1.80 bits per heavy atom. The van der Waals surface area contributed by atoms with Crippen LogP contribution in [0.3, 0.4) is 0 Å². The molecule has 3 rings (SSSR count). The molecule has 0 fully saturated rings. The minimum atomic E-state index is 0.106. The SMILES string of the molecule is Cc1cccc(-c2nc3cc(C(C)(C)C)ccc3o2)n1. The van der Waals surface area contributed by atoms with Crippen molar-refractivity contribution in [2.45, 2.75) is 33.1 Å². The molecule has 0 atom stereocenters. The van der Waals surface area contributed by atoms with Gasteiger partial charge in [-0.25, -0.2) is 9.97 Å². The van der Waals surface area contributed by atoms with E-state index in [0.717, 1.165) is 22.5 Å². The largest absolute Gasteiger partial charge is 0.435 e. The van der Waals surface area contributed by atoms with Gasteiger partial charge in [0.1, 0.15) is 11.2 Å². The summed E-state index contributed by atoms with van der Waals surface area (Å²) in [6, 6.07) is 12.0. The molecular weight excluding hydrogens is 248 g/mol. The van der Waals surface area contributed by atoms with Gasteiger partial charge in [-0.2, -0.15) is 0 Å². The fourth-order valence-corrected chi connectivity index (χ4v) is 2.17. The standard InChI is InChI=1S/C17H18N2O/c1-11-6-5-7-13(18-11)16-19-14-10-12(17(2,3)4)8-9-15(14)20-16/h5-10H,1-4H3. The molecule has 0 amide bonds. The third kappa shape index (κ3) is 2.31. The molecule has 0 aliphatic rings. The zero-order valence-electron chi connectivity index (χ0n) is 12.3. The van der Waals surface area contributed by atoms with E-state index in [1.807, 2.05) is 31.2 Å². The van der Waals surface area contributed by atoms with Gasteiger partial charge in [0.25, 0.3) is 0 Å². The summed E-state index contributed by atoms with van der Waals surface area (Å²) in [7, 11) is 0. The summed E-state index contributed by atoms with van der Waals surface area (Å²) in [6.07, 6.45) is 0. The van der Waals surface area contributed by atoms with E-state index in [1.165, 1.54) is 5.56 Å². The molecule has 1 aromatic carbocycles. The molecule has 0 bridgehead atoms. The van der Waals surface area contributed by atoms with E-state index in [1.54, 1.807) is 0 Å². The number of pyridine rings is 1. The minimum absolute atomic E-state index is 0.106. The van der Waals surface area contributed by atoms with E-state index in [0.29, 0.717) is 5.89 Å². The van der Waals surface area contributed by atoms with Crippen LogP contribution in [0.2, 0.25) is 0 Å². The molecular formula is C17H18N2O. The van der Waals surface area contributed by atoms with Crippen molar-refractivity contribution in [1.29, 1.82) is 0 Å². The van der Waals surface area contributed by atoms with Gasteiger partial charge < -0.3 is 4.42 Å². The molecule has 102 valence electrons. The van der Waals surface area contributed by atoms with Gasteiger partial charge in [-0.15, -0.1) is 0 Å². The number of aromatic nitrogens is 2. The van der Waals surface area contributed by atoms with Crippen molar-refractivity contribution in [3.8, 4) is 11.6 Å². The fourth-order valence-electron chi connectivity index (χ4n) is 2.17. The van der Waals surface area contributed by atoms with Crippen molar-refractivity contribution >= 4 is 11.1 Å². The Kier molecular flexibility index (Phi) is 2.85. The Morgan fingerprint density at radius 1 is 1.00 bits per heavy atom. The molecule has 3 heteroatoms. The van der Waals surface area contributed by atoms with E-state index in [2.05, 4.69) is 42.9 Å². The second kappa shape index (κ2) is 4.44. The van der Waals surface area contributed by atoms with E-state index in [4.69, 9.17) is 4.42 Å². The molecule has 0 unspecified atom stereocenters. The predicted molar refractivity (Wildman–Crippen MR) is 80.7 cm³/mol. The molecule has 0 saturated carbocycles. The maximum atomic E-state index is 5.80. The molecule has 0 saturated heterocycles. The Bertz CT molecular complexity index is 766. The molecule has 0 spiro atoms. The first-order chi connectivity index (χ1) is 9.43. The highest BCUT2D eigenvalue weighted by molar-refractivity contribution is 5.76. The maximum Gasteiger partial charge on any atom is 0.246 e. The molecule has 0 aliphatic heterocycles. The van der Waals surface area contributed by atoms with Crippen LogP contribution in [0.25, 0.3) is 22.7 Å². The summed E-state index contributed by atoms with van der Waals surface area (Å²) in [6.45, 7) is 8.54. The van der Waals surface area contributed by atoms with Crippen LogP contribution in [-0.2, 0) is 5.41 Å². The first-order valence-corrected chi connectivity index (χ1v) is 6.78. The summed E-state index contributed by atoms with van der Waals surface area (Å²) in [4.78, 5) is 9.02. The quantitative estimate of drug-likeness (QED) is 0.651. The zero-order chi connectivity index (χ0) is 14.3. The lowest BCUT2D eigenvalue weighted by Crippen LogP contribution is -2.10. The van der Waals surface area contributed by atoms with Gasteiger partial charge in [0.2, 0.25) is 5.89 Å². The number of nitrogens with zero attached hydrogens (tertiary/aromatic N) is 2. The smallest absolute Gasteiger partial charge is 0.246 e. The third-order valence-corrected chi connectivity index (χ3v) is 3.36. The summed E-state index contributed by atoms with van der Waals surface area (Å²) in [5.41, 5.74) is 4.78. The van der Waals surface area contributed by atoms with Crippen LogP contribution in [0.4, 0.5) is 0 Å². The second-order valence-corrected chi connectivity index (χ2v) is 6.12. The van der Waals surface area contributed by atoms with E-state index in [9.17, 15) is 0 Å². The number of oxazole rings is 1. The number of rotatable bonds is 1. The molecule has 3 aromatic rings. The lowest BCUT2D eigenvalue weighted by Gasteiger charge is -2.18. The highest BCUT2D eigenvalue weighted by Crippen LogP contribution is 2.28. The molecule has 0 radical (unpaired) electrons. The lowest BCUT2D eigenvalue weighted by molar-refractivity contribution is 0.590. The fraction of sp³-hybridized carbons (Fsp3) is 0.294. The minimum Gasteiger partial charge on any atom is -0.435 e. The zero-order valence-corrected chi connectivity index (χ0v) is 12.3. The number of aryl methyl sites for hydroxylation is 1. The van der Waals surface area contributed by atoms with Crippen LogP contribution >= 0.6 is 0 Å². The van der Waals surface area contributed by atoms with Crippen LogP contribution in [0, 0.1) is 6.92 Å². The van der Waals surface area contributed by atoms with Gasteiger partial charge in [-0.05, 0) is 42.2 Å². The Hall–Kier alpha value is -2.16. The molecule has 2 heterocycles. The van der Waals surface area contributed by atoms with Crippen LogP contribution in [0.5, 0.6) is 0 Å². The predicted octanol–water partition coefficient (Wildman–Crippen LogP) is 4.50. The highest BCUT2D eigenvalue weighted by Gasteiger charge is 2.16. The average Bonchev–Trinajstić information content (AvgIpc) is 2.80. The van der Waals surface area contributed by atoms with Gasteiger partial charge in [0.15, 0.2) is 5.58 Å². The van der Waals surface area contributed by atoms with Crippen LogP contribution in [0.15, 0.2) is 40.8 Å². The second-order valence-electron chi connectivity index (χ2n) is 6.12. The van der Waals surface area contributed by atoms with Gasteiger partial charge in [-0.1, -0.05) is 32.9 Å². The van der Waals surface area contributed by atoms with Crippen molar-refractivity contribution in [2.75, 3.05) is 0 Å². The monoisotopic (exact) mass is 266 g/mol. The topological polar surface area (TPSA) is 38.9 Å². The van der Waals surface area contributed by atoms with Crippen molar-refractivity contribution in [1.82, 2.24) is 9.97 Å². The number of fused-ring (bicyclic) bond motifs is 1. The molecule has 3 nitrogen and oxygen atoms in total. The van der Waals surface area contributed by atoms with Crippen LogP contribution < -0.4 is 0 Å². The Labute approximate surface area is 118 Å². The highest BCUT2D eigenvalue weighted by atomic mass is 16.3. The molecule has 20 heavy (non-hydrogen) atoms. The average molecular weight is 266 g/mol. The van der Waals surface area contributed by atoms with Crippen molar-refractivity contribution in [2.24, 2.45) is 0 Å². The number of benzene rings is 1. The third-order valence-electron chi connectivity index (χ3n) is 3.36. The van der Waals surface area contributed by atoms with Gasteiger partial charge in [0, 0.05) is 5.69 Å². The van der Waals surface area contributed by atoms with Gasteiger partial charge in [0.05, 0.1) is 0 Å². The number of hydrogen-bond donors (Lipinski definition) is 0. The molecule has 0 aliphatic carbocycles. The van der Waals surface area contributed by atoms with Crippen LogP contribution in [-0.4, -0.2) is 9.97 Å². The Morgan fingerprint density at radius 3 is 2.50 bits per heavy atom. The summed E-state index contributed by atoms with van der Waals surface area (Å²) < 4.78 is 5.80. The van der Waals surface area contributed by atoms with Crippen LogP contribution in [0.1, 0.15) is 32.0 Å². The Balaban J connectivity index is 2.11. The summed E-state index contributed by atoms with van der Waals surface area (Å²) >= 11 is 0. The van der Waals surface area contributed by atoms with E-state index in [-0.39, 0.29) is 5.41 Å². The van der Waals surface area contributed by atoms with Gasteiger partial charge >= 0.3 is 0 Å². The maximum absolute atomic E-state index is 5.80.